The highest BCUT2D eigenvalue weighted by Gasteiger charge is 2.28. The molecule has 2 rings (SSSR count). The lowest BCUT2D eigenvalue weighted by Gasteiger charge is -2.27. The van der Waals surface area contributed by atoms with Crippen LogP contribution in [0.4, 0.5) is 4.79 Å². The van der Waals surface area contributed by atoms with Gasteiger partial charge in [0, 0.05) is 13.0 Å². The minimum Gasteiger partial charge on any atom is -0.480 e. The minimum atomic E-state index is -1.01. The number of hydrogen-bond donors (Lipinski definition) is 2. The first-order valence-electron chi connectivity index (χ1n) is 6.61. The molecule has 0 aromatic carbocycles. The van der Waals surface area contributed by atoms with E-state index in [-0.39, 0.29) is 19.1 Å². The predicted octanol–water partition coefficient (Wildman–Crippen LogP) is 0.917. The van der Waals surface area contributed by atoms with Crippen LogP contribution in [0.2, 0.25) is 0 Å². The van der Waals surface area contributed by atoms with E-state index >= 15 is 0 Å². The molecule has 1 aromatic heterocycles. The van der Waals surface area contributed by atoms with Gasteiger partial charge in [-0.3, -0.25) is 4.79 Å². The van der Waals surface area contributed by atoms with Crippen molar-refractivity contribution in [1.82, 2.24) is 20.4 Å². The maximum Gasteiger partial charge on any atom is 0.323 e. The molecule has 2 amide bonds. The summed E-state index contributed by atoms with van der Waals surface area (Å²) in [5.74, 6) is -0.215. The molecule has 1 fully saturated rings. The van der Waals surface area contributed by atoms with Gasteiger partial charge in [-0.05, 0) is 12.8 Å². The van der Waals surface area contributed by atoms with Crippen LogP contribution < -0.4 is 5.32 Å². The fourth-order valence-corrected chi connectivity index (χ4v) is 2.40. The van der Waals surface area contributed by atoms with Gasteiger partial charge in [-0.1, -0.05) is 18.0 Å². The number of urea groups is 1. The predicted molar refractivity (Wildman–Crippen MR) is 67.9 cm³/mol. The van der Waals surface area contributed by atoms with Crippen molar-refractivity contribution >= 4 is 12.0 Å². The van der Waals surface area contributed by atoms with Crippen LogP contribution in [-0.4, -0.2) is 44.7 Å². The number of carboxylic acids is 1. The second-order valence-corrected chi connectivity index (χ2v) is 4.85. The maximum absolute atomic E-state index is 12.1. The molecule has 0 atom stereocenters. The smallest absolute Gasteiger partial charge is 0.323 e. The molecule has 8 heteroatoms. The molecule has 2 N–H and O–H groups in total. The third-order valence-corrected chi connectivity index (χ3v) is 3.30. The van der Waals surface area contributed by atoms with E-state index in [1.54, 1.807) is 6.92 Å². The summed E-state index contributed by atoms with van der Waals surface area (Å²) in [6.45, 7) is 1.49. The first kappa shape index (κ1) is 14.3. The molecule has 0 saturated heterocycles. The quantitative estimate of drug-likeness (QED) is 0.831. The van der Waals surface area contributed by atoms with Gasteiger partial charge in [0.05, 0.1) is 6.54 Å². The number of carboxylic acid groups (broad SMARTS) is 1. The summed E-state index contributed by atoms with van der Waals surface area (Å²) in [5, 5.41) is 15.2. The Morgan fingerprint density at radius 2 is 2.15 bits per heavy atom. The van der Waals surface area contributed by atoms with Crippen LogP contribution in [0, 0.1) is 6.92 Å². The van der Waals surface area contributed by atoms with Crippen LogP contribution in [-0.2, 0) is 11.3 Å². The lowest BCUT2D eigenvalue weighted by molar-refractivity contribution is -0.138. The van der Waals surface area contributed by atoms with Crippen LogP contribution in [0.25, 0.3) is 0 Å². The molecule has 0 bridgehead atoms. The molecule has 8 nitrogen and oxygen atoms in total. The number of carbonyl (C=O) groups is 2. The lowest BCUT2D eigenvalue weighted by Crippen LogP contribution is -2.47. The van der Waals surface area contributed by atoms with Gasteiger partial charge < -0.3 is 19.8 Å². The van der Waals surface area contributed by atoms with Gasteiger partial charge >= 0.3 is 12.0 Å². The molecule has 1 aliphatic carbocycles. The topological polar surface area (TPSA) is 109 Å². The Morgan fingerprint density at radius 1 is 1.45 bits per heavy atom. The Balaban J connectivity index is 1.93. The number of carbonyl (C=O) groups excluding carboxylic acids is 1. The third kappa shape index (κ3) is 3.69. The third-order valence-electron chi connectivity index (χ3n) is 3.30. The molecule has 0 aliphatic heterocycles. The molecule has 110 valence electrons. The number of rotatable bonds is 5. The van der Waals surface area contributed by atoms with E-state index in [4.69, 9.17) is 9.63 Å². The van der Waals surface area contributed by atoms with Gasteiger partial charge in [-0.25, -0.2) is 4.79 Å². The molecule has 1 heterocycles. The molecular formula is C12H18N4O4. The SMILES string of the molecule is Cc1nc(CNC(=O)N(CC(=O)O)C2CCCC2)no1. The number of nitrogens with zero attached hydrogens (tertiary/aromatic N) is 3. The summed E-state index contributed by atoms with van der Waals surface area (Å²) in [6.07, 6.45) is 3.75. The molecule has 1 saturated carbocycles. The van der Waals surface area contributed by atoms with E-state index in [0.717, 1.165) is 25.7 Å². The van der Waals surface area contributed by atoms with Gasteiger partial charge in [0.15, 0.2) is 5.82 Å². The van der Waals surface area contributed by atoms with Crippen molar-refractivity contribution < 1.29 is 19.2 Å². The fraction of sp³-hybridized carbons (Fsp3) is 0.667. The highest BCUT2D eigenvalue weighted by atomic mass is 16.5. The normalized spacial score (nSPS) is 15.2. The highest BCUT2D eigenvalue weighted by molar-refractivity contribution is 5.80. The Kier molecular flexibility index (Phi) is 4.54. The van der Waals surface area contributed by atoms with Crippen LogP contribution >= 0.6 is 0 Å². The number of nitrogens with one attached hydrogen (secondary N) is 1. The Bertz CT molecular complexity index is 482. The monoisotopic (exact) mass is 282 g/mol. The Labute approximate surface area is 116 Å². The van der Waals surface area contributed by atoms with Crippen molar-refractivity contribution in [2.75, 3.05) is 6.54 Å². The van der Waals surface area contributed by atoms with E-state index in [1.807, 2.05) is 0 Å². The standard InChI is InChI=1S/C12H18N4O4/c1-8-14-10(15-20-8)6-13-12(19)16(7-11(17)18)9-4-2-3-5-9/h9H,2-7H2,1H3,(H,13,19)(H,17,18). The van der Waals surface area contributed by atoms with E-state index in [9.17, 15) is 9.59 Å². The first-order chi connectivity index (χ1) is 9.56. The summed E-state index contributed by atoms with van der Waals surface area (Å²) in [6, 6.07) is -0.403. The van der Waals surface area contributed by atoms with E-state index < -0.39 is 12.0 Å². The number of amides is 2. The summed E-state index contributed by atoms with van der Waals surface area (Å²) in [4.78, 5) is 28.3. The Morgan fingerprint density at radius 3 is 2.70 bits per heavy atom. The maximum atomic E-state index is 12.1. The number of aromatic nitrogens is 2. The van der Waals surface area contributed by atoms with Crippen molar-refractivity contribution in [3.8, 4) is 0 Å². The summed E-state index contributed by atoms with van der Waals surface area (Å²) < 4.78 is 4.80. The molecule has 20 heavy (non-hydrogen) atoms. The van der Waals surface area contributed by atoms with Crippen LogP contribution in [0.3, 0.4) is 0 Å². The fourth-order valence-electron chi connectivity index (χ4n) is 2.40. The van der Waals surface area contributed by atoms with E-state index in [1.165, 1.54) is 4.90 Å². The molecular weight excluding hydrogens is 264 g/mol. The lowest BCUT2D eigenvalue weighted by atomic mass is 10.2. The second-order valence-electron chi connectivity index (χ2n) is 4.85. The van der Waals surface area contributed by atoms with Crippen molar-refractivity contribution in [3.63, 3.8) is 0 Å². The van der Waals surface area contributed by atoms with E-state index in [0.29, 0.717) is 11.7 Å². The number of aliphatic carboxylic acids is 1. The van der Waals surface area contributed by atoms with Gasteiger partial charge in [-0.15, -0.1) is 0 Å². The first-order valence-corrected chi connectivity index (χ1v) is 6.61. The highest BCUT2D eigenvalue weighted by Crippen LogP contribution is 2.23. The number of aryl methyl sites for hydroxylation is 1. The zero-order valence-corrected chi connectivity index (χ0v) is 11.3. The summed E-state index contributed by atoms with van der Waals surface area (Å²) >= 11 is 0. The number of hydrogen-bond acceptors (Lipinski definition) is 5. The molecule has 1 aromatic rings. The van der Waals surface area contributed by atoms with Crippen molar-refractivity contribution in [1.29, 1.82) is 0 Å². The largest absolute Gasteiger partial charge is 0.480 e. The van der Waals surface area contributed by atoms with Crippen molar-refractivity contribution in [3.05, 3.63) is 11.7 Å². The summed E-state index contributed by atoms with van der Waals surface area (Å²) in [7, 11) is 0. The zero-order chi connectivity index (χ0) is 14.5. The van der Waals surface area contributed by atoms with Crippen LogP contribution in [0.1, 0.15) is 37.4 Å². The Hall–Kier alpha value is -2.12. The van der Waals surface area contributed by atoms with Crippen LogP contribution in [0.15, 0.2) is 4.52 Å². The van der Waals surface area contributed by atoms with Gasteiger partial charge in [0.1, 0.15) is 6.54 Å². The van der Waals surface area contributed by atoms with Gasteiger partial charge in [-0.2, -0.15) is 4.98 Å². The van der Waals surface area contributed by atoms with Crippen molar-refractivity contribution in [2.24, 2.45) is 0 Å². The van der Waals surface area contributed by atoms with E-state index in [2.05, 4.69) is 15.5 Å². The molecule has 0 spiro atoms. The molecule has 0 radical (unpaired) electrons. The van der Waals surface area contributed by atoms with Gasteiger partial charge in [0.25, 0.3) is 0 Å². The second kappa shape index (κ2) is 6.36. The minimum absolute atomic E-state index is 0.00176. The summed E-state index contributed by atoms with van der Waals surface area (Å²) in [5.41, 5.74) is 0. The zero-order valence-electron chi connectivity index (χ0n) is 11.3. The average molecular weight is 282 g/mol. The van der Waals surface area contributed by atoms with Crippen molar-refractivity contribution in [2.45, 2.75) is 45.2 Å². The molecule has 0 unspecified atom stereocenters. The average Bonchev–Trinajstić information content (AvgIpc) is 3.04. The van der Waals surface area contributed by atoms with Crippen LogP contribution in [0.5, 0.6) is 0 Å². The van der Waals surface area contributed by atoms with Gasteiger partial charge in [0.2, 0.25) is 5.89 Å². The molecule has 1 aliphatic rings.